The van der Waals surface area contributed by atoms with Crippen molar-refractivity contribution in [3.63, 3.8) is 0 Å². The Morgan fingerprint density at radius 1 is 1.30 bits per heavy atom. The van der Waals surface area contributed by atoms with E-state index in [1.807, 2.05) is 45.2 Å². The Kier molecular flexibility index (Phi) is 9.38. The first kappa shape index (κ1) is 23.9. The largest absolute Gasteiger partial charge is 0.450 e. The van der Waals surface area contributed by atoms with Crippen LogP contribution in [-0.4, -0.2) is 36.4 Å². The lowest BCUT2D eigenvalue weighted by molar-refractivity contribution is 0.109. The maximum Gasteiger partial charge on any atom is 0.409 e. The number of carbonyl (C=O) groups excluding carboxylic acids is 1. The molecule has 1 aromatic rings. The van der Waals surface area contributed by atoms with Crippen molar-refractivity contribution < 1.29 is 9.53 Å². The number of benzene rings is 1. The summed E-state index contributed by atoms with van der Waals surface area (Å²) in [5, 5.41) is 0.733. The average molecular weight is 429 g/mol. The van der Waals surface area contributed by atoms with Gasteiger partial charge < -0.3 is 9.64 Å². The molecule has 5 heteroatoms. The highest BCUT2D eigenvalue weighted by atomic mass is 35.5. The number of aryl methyl sites for hydroxylation is 1. The van der Waals surface area contributed by atoms with Crippen LogP contribution in [0.3, 0.4) is 0 Å². The smallest absolute Gasteiger partial charge is 0.409 e. The number of aliphatic imine (C=N–C) groups is 1. The summed E-state index contributed by atoms with van der Waals surface area (Å²) in [6.07, 6.45) is 6.94. The maximum absolute atomic E-state index is 12.2. The number of amides is 1. The predicted octanol–water partition coefficient (Wildman–Crippen LogP) is 6.85. The summed E-state index contributed by atoms with van der Waals surface area (Å²) >= 11 is 6.29. The van der Waals surface area contributed by atoms with Crippen molar-refractivity contribution in [2.24, 2.45) is 4.99 Å². The molecule has 1 saturated heterocycles. The van der Waals surface area contributed by atoms with Gasteiger partial charge in [0.1, 0.15) is 0 Å². The van der Waals surface area contributed by atoms with Crippen LogP contribution in [0.2, 0.25) is 5.02 Å². The highest BCUT2D eigenvalue weighted by molar-refractivity contribution is 6.33. The van der Waals surface area contributed by atoms with E-state index in [0.717, 1.165) is 53.1 Å². The highest BCUT2D eigenvalue weighted by Crippen LogP contribution is 2.33. The second-order valence-electron chi connectivity index (χ2n) is 7.41. The van der Waals surface area contributed by atoms with Gasteiger partial charge in [0.05, 0.1) is 12.3 Å². The molecular weight excluding hydrogens is 396 g/mol. The van der Waals surface area contributed by atoms with Crippen LogP contribution in [0.1, 0.15) is 58.1 Å². The third-order valence-electron chi connectivity index (χ3n) is 5.18. The van der Waals surface area contributed by atoms with Gasteiger partial charge in [-0.05, 0) is 75.3 Å². The minimum atomic E-state index is -0.233. The lowest BCUT2D eigenvalue weighted by Crippen LogP contribution is -2.32. The zero-order valence-corrected chi connectivity index (χ0v) is 19.4. The van der Waals surface area contributed by atoms with E-state index in [0.29, 0.717) is 19.7 Å². The van der Waals surface area contributed by atoms with Crippen LogP contribution < -0.4 is 0 Å². The fourth-order valence-electron chi connectivity index (χ4n) is 3.76. The number of halogens is 1. The van der Waals surface area contributed by atoms with E-state index in [1.165, 1.54) is 11.1 Å². The lowest BCUT2D eigenvalue weighted by Gasteiger charge is -2.21. The summed E-state index contributed by atoms with van der Waals surface area (Å²) in [4.78, 5) is 18.8. The highest BCUT2D eigenvalue weighted by Gasteiger charge is 2.23. The van der Waals surface area contributed by atoms with E-state index >= 15 is 0 Å². The van der Waals surface area contributed by atoms with E-state index in [4.69, 9.17) is 21.3 Å². The molecule has 1 amide bonds. The molecule has 0 unspecified atom stereocenters. The van der Waals surface area contributed by atoms with Crippen LogP contribution in [0.4, 0.5) is 4.79 Å². The predicted molar refractivity (Wildman–Crippen MR) is 127 cm³/mol. The molecule has 1 fully saturated rings. The summed E-state index contributed by atoms with van der Waals surface area (Å²) in [5.74, 6) is 0. The number of hydrogen-bond acceptors (Lipinski definition) is 3. The first-order chi connectivity index (χ1) is 14.4. The van der Waals surface area contributed by atoms with Gasteiger partial charge in [-0.25, -0.2) is 4.79 Å². The second kappa shape index (κ2) is 11.8. The number of nitrogens with zero attached hydrogens (tertiary/aromatic N) is 2. The number of allylic oxidation sites excluding steroid dienone is 3. The minimum absolute atomic E-state index is 0.233. The van der Waals surface area contributed by atoms with Crippen molar-refractivity contribution in [1.29, 1.82) is 0 Å². The van der Waals surface area contributed by atoms with Gasteiger partial charge in [0.25, 0.3) is 0 Å². The third-order valence-corrected chi connectivity index (χ3v) is 5.42. The zero-order valence-electron chi connectivity index (χ0n) is 18.6. The van der Waals surface area contributed by atoms with Gasteiger partial charge in [0, 0.05) is 29.9 Å². The Morgan fingerprint density at radius 2 is 2.07 bits per heavy atom. The Balaban J connectivity index is 2.61. The molecule has 0 N–H and O–H groups in total. The molecule has 1 aromatic carbocycles. The van der Waals surface area contributed by atoms with Crippen LogP contribution in [0, 0.1) is 0 Å². The molecule has 1 aliphatic rings. The standard InChI is InChI=1S/C25H33ClN2O2/c1-6-14-27-24(18(4)5)23(22-12-11-21(26)17-19(22)7-2)20-10-9-15-28(16-13-20)25(29)30-8-3/h6,11-12,14,17H,4,7-10,13,15-16H2,1-3,5H3/b14-6-,23-20+,27-24+. The molecule has 0 spiro atoms. The fourth-order valence-corrected chi connectivity index (χ4v) is 3.95. The maximum atomic E-state index is 12.2. The Labute approximate surface area is 186 Å². The molecule has 0 aromatic heterocycles. The van der Waals surface area contributed by atoms with Crippen molar-refractivity contribution in [2.75, 3.05) is 19.7 Å². The Bertz CT molecular complexity index is 868. The van der Waals surface area contributed by atoms with Gasteiger partial charge in [-0.1, -0.05) is 42.8 Å². The monoisotopic (exact) mass is 428 g/mol. The molecule has 4 nitrogen and oxygen atoms in total. The zero-order chi connectivity index (χ0) is 22.1. The normalized spacial score (nSPS) is 17.1. The van der Waals surface area contributed by atoms with Crippen molar-refractivity contribution in [1.82, 2.24) is 4.90 Å². The SMILES string of the molecule is C=C(C)C(=N\C=C/C)/C(=C1\CCCN(C(=O)OCC)CC1)c1ccc(Cl)cc1CC. The number of likely N-dealkylation sites (tertiary alicyclic amines) is 1. The van der Waals surface area contributed by atoms with Crippen molar-refractivity contribution >= 4 is 29.0 Å². The van der Waals surface area contributed by atoms with E-state index in [-0.39, 0.29) is 6.09 Å². The van der Waals surface area contributed by atoms with E-state index in [9.17, 15) is 4.79 Å². The van der Waals surface area contributed by atoms with Gasteiger partial charge in [-0.2, -0.15) is 0 Å². The van der Waals surface area contributed by atoms with Gasteiger partial charge >= 0.3 is 6.09 Å². The molecule has 0 atom stereocenters. The van der Waals surface area contributed by atoms with E-state index in [2.05, 4.69) is 19.6 Å². The van der Waals surface area contributed by atoms with Crippen molar-refractivity contribution in [3.8, 4) is 0 Å². The van der Waals surface area contributed by atoms with Crippen LogP contribution in [-0.2, 0) is 11.2 Å². The Hall–Kier alpha value is -2.33. The molecule has 2 rings (SSSR count). The summed E-state index contributed by atoms with van der Waals surface area (Å²) in [6, 6.07) is 6.06. The third kappa shape index (κ3) is 6.09. The second-order valence-corrected chi connectivity index (χ2v) is 7.85. The van der Waals surface area contributed by atoms with Gasteiger partial charge in [-0.15, -0.1) is 0 Å². The first-order valence-corrected chi connectivity index (χ1v) is 11.1. The number of carbonyl (C=O) groups is 1. The molecule has 0 aliphatic carbocycles. The fraction of sp³-hybridized carbons (Fsp3) is 0.440. The van der Waals surface area contributed by atoms with Crippen LogP contribution in [0.5, 0.6) is 0 Å². The minimum Gasteiger partial charge on any atom is -0.450 e. The quantitative estimate of drug-likeness (QED) is 0.465. The van der Waals surface area contributed by atoms with Crippen LogP contribution in [0.15, 0.2) is 53.2 Å². The first-order valence-electron chi connectivity index (χ1n) is 10.7. The molecule has 0 bridgehead atoms. The number of rotatable bonds is 6. The molecule has 30 heavy (non-hydrogen) atoms. The Morgan fingerprint density at radius 3 is 2.70 bits per heavy atom. The number of ether oxygens (including phenoxy) is 1. The van der Waals surface area contributed by atoms with Crippen LogP contribution >= 0.6 is 11.6 Å². The molecule has 0 saturated carbocycles. The summed E-state index contributed by atoms with van der Waals surface area (Å²) in [6.45, 7) is 13.9. The number of hydrogen-bond donors (Lipinski definition) is 0. The molecule has 1 aliphatic heterocycles. The molecule has 1 heterocycles. The average Bonchev–Trinajstić information content (AvgIpc) is 2.97. The summed E-state index contributed by atoms with van der Waals surface area (Å²) < 4.78 is 5.22. The van der Waals surface area contributed by atoms with E-state index < -0.39 is 0 Å². The van der Waals surface area contributed by atoms with Gasteiger partial charge in [0.15, 0.2) is 0 Å². The molecular formula is C25H33ClN2O2. The summed E-state index contributed by atoms with van der Waals surface area (Å²) in [5.41, 5.74) is 6.56. The lowest BCUT2D eigenvalue weighted by atomic mass is 9.86. The molecule has 0 radical (unpaired) electrons. The van der Waals surface area contributed by atoms with Gasteiger partial charge in [-0.3, -0.25) is 4.99 Å². The summed E-state index contributed by atoms with van der Waals surface area (Å²) in [7, 11) is 0. The van der Waals surface area contributed by atoms with Gasteiger partial charge in [0.2, 0.25) is 0 Å². The van der Waals surface area contributed by atoms with E-state index in [1.54, 1.807) is 4.90 Å². The van der Waals surface area contributed by atoms with Crippen LogP contribution in [0.25, 0.3) is 5.57 Å². The molecule has 162 valence electrons. The van der Waals surface area contributed by atoms with Crippen molar-refractivity contribution in [2.45, 2.75) is 53.4 Å². The topological polar surface area (TPSA) is 41.9 Å². The van der Waals surface area contributed by atoms with Crippen molar-refractivity contribution in [3.05, 3.63) is 64.3 Å².